The molecule has 2 atom stereocenters. The number of hydrogen-bond donors (Lipinski definition) is 1. The molecule has 0 fully saturated rings. The van der Waals surface area contributed by atoms with Crippen LogP contribution in [0.3, 0.4) is 0 Å². The molecule has 1 aromatic rings. The lowest BCUT2D eigenvalue weighted by Gasteiger charge is -2.37. The number of rotatable bonds is 6. The lowest BCUT2D eigenvalue weighted by atomic mass is 10.1. The summed E-state index contributed by atoms with van der Waals surface area (Å²) in [6, 6.07) is 4.50. The number of benzene rings is 1. The van der Waals surface area contributed by atoms with Crippen molar-refractivity contribution < 1.29 is 14.3 Å². The van der Waals surface area contributed by atoms with E-state index in [1.165, 1.54) is 4.90 Å². The van der Waals surface area contributed by atoms with Crippen molar-refractivity contribution in [2.75, 3.05) is 11.4 Å². The maximum Gasteiger partial charge on any atom is 0.268 e. The maximum absolute atomic E-state index is 12.7. The standard InChI is InChI=1S/C18H25ClN2O3/c1-5-15-18(23)21(12(4)17(22)20-9-8-11(2)3)14-10-13(19)6-7-16(14)24-15/h6-7,10-12,15H,5,8-9H2,1-4H3,(H,20,22). The predicted octanol–water partition coefficient (Wildman–Crippen LogP) is 3.39. The summed E-state index contributed by atoms with van der Waals surface area (Å²) in [6.45, 7) is 8.41. The lowest BCUT2D eigenvalue weighted by molar-refractivity contribution is -0.130. The Morgan fingerprint density at radius 1 is 1.38 bits per heavy atom. The van der Waals surface area contributed by atoms with Crippen molar-refractivity contribution in [3.63, 3.8) is 0 Å². The smallest absolute Gasteiger partial charge is 0.268 e. The molecule has 1 aromatic carbocycles. The molecule has 132 valence electrons. The number of carbonyl (C=O) groups is 2. The van der Waals surface area contributed by atoms with Crippen LogP contribution in [0.5, 0.6) is 5.75 Å². The van der Waals surface area contributed by atoms with Crippen LogP contribution in [-0.4, -0.2) is 30.5 Å². The van der Waals surface area contributed by atoms with Gasteiger partial charge in [-0.3, -0.25) is 14.5 Å². The molecule has 1 N–H and O–H groups in total. The van der Waals surface area contributed by atoms with Gasteiger partial charge in [0.1, 0.15) is 11.8 Å². The molecule has 1 aliphatic rings. The zero-order valence-electron chi connectivity index (χ0n) is 14.6. The van der Waals surface area contributed by atoms with Crippen molar-refractivity contribution in [1.29, 1.82) is 0 Å². The SMILES string of the molecule is CCC1Oc2ccc(Cl)cc2N(C(C)C(=O)NCCC(C)C)C1=O. The minimum absolute atomic E-state index is 0.174. The quantitative estimate of drug-likeness (QED) is 0.853. The van der Waals surface area contributed by atoms with Crippen molar-refractivity contribution >= 4 is 29.1 Å². The van der Waals surface area contributed by atoms with Crippen LogP contribution in [0.25, 0.3) is 0 Å². The molecule has 1 heterocycles. The third-order valence-electron chi connectivity index (χ3n) is 4.12. The summed E-state index contributed by atoms with van der Waals surface area (Å²) in [6.07, 6.45) is 0.860. The number of carbonyl (C=O) groups excluding carboxylic acids is 2. The Hall–Kier alpha value is -1.75. The van der Waals surface area contributed by atoms with Gasteiger partial charge in [-0.1, -0.05) is 32.4 Å². The monoisotopic (exact) mass is 352 g/mol. The average Bonchev–Trinajstić information content (AvgIpc) is 2.53. The summed E-state index contributed by atoms with van der Waals surface area (Å²) in [4.78, 5) is 26.7. The Morgan fingerprint density at radius 2 is 2.08 bits per heavy atom. The van der Waals surface area contributed by atoms with E-state index >= 15 is 0 Å². The van der Waals surface area contributed by atoms with Gasteiger partial charge in [0.05, 0.1) is 5.69 Å². The first kappa shape index (κ1) is 18.6. The summed E-state index contributed by atoms with van der Waals surface area (Å²) in [5.41, 5.74) is 0.545. The van der Waals surface area contributed by atoms with Gasteiger partial charge in [-0.25, -0.2) is 0 Å². The Balaban J connectivity index is 2.24. The van der Waals surface area contributed by atoms with Gasteiger partial charge in [-0.05, 0) is 43.9 Å². The second kappa shape index (κ2) is 7.88. The average molecular weight is 353 g/mol. The molecule has 0 saturated heterocycles. The first-order chi connectivity index (χ1) is 11.3. The summed E-state index contributed by atoms with van der Waals surface area (Å²) < 4.78 is 5.74. The molecule has 0 aromatic heterocycles. The Kier molecular flexibility index (Phi) is 6.10. The summed E-state index contributed by atoms with van der Waals surface area (Å²) in [5.74, 6) is 0.702. The maximum atomic E-state index is 12.7. The molecular formula is C18H25ClN2O3. The first-order valence-corrected chi connectivity index (χ1v) is 8.80. The van der Waals surface area contributed by atoms with E-state index in [-0.39, 0.29) is 11.8 Å². The molecule has 24 heavy (non-hydrogen) atoms. The highest BCUT2D eigenvalue weighted by Crippen LogP contribution is 2.37. The summed E-state index contributed by atoms with van der Waals surface area (Å²) in [5, 5.41) is 3.40. The number of ether oxygens (including phenoxy) is 1. The number of anilines is 1. The molecule has 0 spiro atoms. The third kappa shape index (κ3) is 4.01. The van der Waals surface area contributed by atoms with Crippen LogP contribution in [0.15, 0.2) is 18.2 Å². The molecule has 2 amide bonds. The van der Waals surface area contributed by atoms with Crippen LogP contribution >= 0.6 is 11.6 Å². The van der Waals surface area contributed by atoms with Crippen molar-refractivity contribution in [2.24, 2.45) is 5.92 Å². The molecule has 0 aliphatic carbocycles. The second-order valence-electron chi connectivity index (χ2n) is 6.48. The number of nitrogens with one attached hydrogen (secondary N) is 1. The zero-order valence-corrected chi connectivity index (χ0v) is 15.4. The normalized spacial score (nSPS) is 18.2. The van der Waals surface area contributed by atoms with Gasteiger partial charge in [0.2, 0.25) is 5.91 Å². The molecule has 6 heteroatoms. The number of amides is 2. The van der Waals surface area contributed by atoms with Crippen LogP contribution in [0.2, 0.25) is 5.02 Å². The van der Waals surface area contributed by atoms with Gasteiger partial charge < -0.3 is 10.1 Å². The summed E-state index contributed by atoms with van der Waals surface area (Å²) in [7, 11) is 0. The van der Waals surface area contributed by atoms with Gasteiger partial charge in [0, 0.05) is 11.6 Å². The second-order valence-corrected chi connectivity index (χ2v) is 6.92. The molecular weight excluding hydrogens is 328 g/mol. The minimum atomic E-state index is -0.625. The van der Waals surface area contributed by atoms with Crippen molar-refractivity contribution in [2.45, 2.75) is 52.7 Å². The van der Waals surface area contributed by atoms with Gasteiger partial charge in [-0.2, -0.15) is 0 Å². The lowest BCUT2D eigenvalue weighted by Crippen LogP contribution is -2.54. The van der Waals surface area contributed by atoms with Gasteiger partial charge in [0.25, 0.3) is 5.91 Å². The number of halogens is 1. The molecule has 1 aliphatic heterocycles. The van der Waals surface area contributed by atoms with E-state index in [0.29, 0.717) is 35.3 Å². The number of hydrogen-bond acceptors (Lipinski definition) is 3. The first-order valence-electron chi connectivity index (χ1n) is 8.42. The van der Waals surface area contributed by atoms with E-state index in [1.54, 1.807) is 25.1 Å². The molecule has 0 saturated carbocycles. The van der Waals surface area contributed by atoms with Crippen LogP contribution in [0.1, 0.15) is 40.5 Å². The Labute approximate surface area is 148 Å². The van der Waals surface area contributed by atoms with E-state index in [4.69, 9.17) is 16.3 Å². The van der Waals surface area contributed by atoms with E-state index in [9.17, 15) is 9.59 Å². The highest BCUT2D eigenvalue weighted by atomic mass is 35.5. The predicted molar refractivity (Wildman–Crippen MR) is 95.6 cm³/mol. The summed E-state index contributed by atoms with van der Waals surface area (Å²) >= 11 is 6.07. The van der Waals surface area contributed by atoms with E-state index in [0.717, 1.165) is 6.42 Å². The van der Waals surface area contributed by atoms with Crippen molar-refractivity contribution in [3.8, 4) is 5.75 Å². The highest BCUT2D eigenvalue weighted by molar-refractivity contribution is 6.31. The Bertz CT molecular complexity index is 618. The van der Waals surface area contributed by atoms with Gasteiger partial charge >= 0.3 is 0 Å². The van der Waals surface area contributed by atoms with Gasteiger partial charge in [0.15, 0.2) is 6.10 Å². The molecule has 2 unspecified atom stereocenters. The third-order valence-corrected chi connectivity index (χ3v) is 4.36. The fraction of sp³-hybridized carbons (Fsp3) is 0.556. The largest absolute Gasteiger partial charge is 0.478 e. The molecule has 0 bridgehead atoms. The van der Waals surface area contributed by atoms with Crippen LogP contribution in [-0.2, 0) is 9.59 Å². The fourth-order valence-electron chi connectivity index (χ4n) is 2.66. The van der Waals surface area contributed by atoms with Gasteiger partial charge in [-0.15, -0.1) is 0 Å². The zero-order chi connectivity index (χ0) is 17.9. The van der Waals surface area contributed by atoms with Crippen LogP contribution in [0, 0.1) is 5.92 Å². The Morgan fingerprint density at radius 3 is 2.71 bits per heavy atom. The molecule has 5 nitrogen and oxygen atoms in total. The number of fused-ring (bicyclic) bond motifs is 1. The van der Waals surface area contributed by atoms with Crippen molar-refractivity contribution in [3.05, 3.63) is 23.2 Å². The van der Waals surface area contributed by atoms with E-state index in [2.05, 4.69) is 19.2 Å². The van der Waals surface area contributed by atoms with Crippen LogP contribution < -0.4 is 15.0 Å². The van der Waals surface area contributed by atoms with Crippen LogP contribution in [0.4, 0.5) is 5.69 Å². The minimum Gasteiger partial charge on any atom is -0.478 e. The fourth-order valence-corrected chi connectivity index (χ4v) is 2.83. The molecule has 2 rings (SSSR count). The van der Waals surface area contributed by atoms with E-state index < -0.39 is 12.1 Å². The number of nitrogens with zero attached hydrogens (tertiary/aromatic N) is 1. The van der Waals surface area contributed by atoms with E-state index in [1.807, 2.05) is 6.92 Å². The topological polar surface area (TPSA) is 58.6 Å². The molecule has 0 radical (unpaired) electrons. The van der Waals surface area contributed by atoms with Crippen molar-refractivity contribution in [1.82, 2.24) is 5.32 Å². The highest BCUT2D eigenvalue weighted by Gasteiger charge is 2.38.